The number of nitro benzene ring substituents is 1. The van der Waals surface area contributed by atoms with E-state index in [1.54, 1.807) is 0 Å². The molecule has 0 aliphatic rings. The molecule has 2 rings (SSSR count). The van der Waals surface area contributed by atoms with Crippen LogP contribution in [0, 0.1) is 10.1 Å². The van der Waals surface area contributed by atoms with E-state index >= 15 is 0 Å². The number of benzene rings is 1. The first-order valence-corrected chi connectivity index (χ1v) is 6.11. The van der Waals surface area contributed by atoms with Gasteiger partial charge in [-0.1, -0.05) is 0 Å². The van der Waals surface area contributed by atoms with Crippen LogP contribution in [-0.2, 0) is 10.1 Å². The number of non-ortho nitro benzene ring substituents is 1. The molecule has 0 fully saturated rings. The fraction of sp³-hybridized carbons (Fsp3) is 0. The maximum atomic E-state index is 10.7. The molecule has 0 amide bonds. The summed E-state index contributed by atoms with van der Waals surface area (Å²) in [6.07, 6.45) is 0. The molecule has 0 aliphatic heterocycles. The second kappa shape index (κ2) is 5.36. The summed E-state index contributed by atoms with van der Waals surface area (Å²) in [6.45, 7) is 0. The van der Waals surface area contributed by atoms with E-state index in [0.717, 1.165) is 0 Å². The molecule has 0 saturated heterocycles. The van der Waals surface area contributed by atoms with Gasteiger partial charge in [0.1, 0.15) is 0 Å². The van der Waals surface area contributed by atoms with E-state index in [-0.39, 0.29) is 62.6 Å². The van der Waals surface area contributed by atoms with Crippen molar-refractivity contribution in [1.82, 2.24) is 4.98 Å². The molecular weight excluding hydrogens is 295 g/mol. The Balaban J connectivity index is 0.00000144. The molecule has 1 aromatic heterocycles. The molecule has 2 aromatic rings. The zero-order chi connectivity index (χ0) is 11.9. The van der Waals surface area contributed by atoms with Crippen molar-refractivity contribution in [3.05, 3.63) is 28.3 Å². The van der Waals surface area contributed by atoms with Crippen molar-refractivity contribution in [3.63, 3.8) is 0 Å². The average molecular weight is 298 g/mol. The van der Waals surface area contributed by atoms with E-state index in [1.807, 2.05) is 0 Å². The summed E-state index contributed by atoms with van der Waals surface area (Å²) in [5, 5.41) is 10.5. The van der Waals surface area contributed by atoms with E-state index in [0.29, 0.717) is 16.0 Å². The Bertz CT molecular complexity index is 681. The molecule has 17 heavy (non-hydrogen) atoms. The van der Waals surface area contributed by atoms with Gasteiger partial charge in [0, 0.05) is 12.1 Å². The maximum absolute atomic E-state index is 10.7. The van der Waals surface area contributed by atoms with Crippen LogP contribution in [0.3, 0.4) is 0 Å². The van der Waals surface area contributed by atoms with Gasteiger partial charge in [-0.05, 0) is 6.07 Å². The number of aromatic nitrogens is 1. The molecule has 0 aliphatic carbocycles. The molecule has 7 nitrogen and oxygen atoms in total. The first-order chi connectivity index (χ1) is 7.38. The molecule has 1 heterocycles. The Morgan fingerprint density at radius 2 is 2.00 bits per heavy atom. The van der Waals surface area contributed by atoms with Crippen LogP contribution in [0.15, 0.2) is 22.5 Å². The minimum Gasteiger partial charge on any atom is -0.742 e. The summed E-state index contributed by atoms with van der Waals surface area (Å²) in [5.41, 5.74) is 0.0796. The molecule has 0 atom stereocenters. The third-order valence-electron chi connectivity index (χ3n) is 1.78. The van der Waals surface area contributed by atoms with Crippen molar-refractivity contribution in [2.45, 2.75) is 4.34 Å². The van der Waals surface area contributed by atoms with Crippen LogP contribution in [0.4, 0.5) is 5.69 Å². The number of nitro groups is 1. The van der Waals surface area contributed by atoms with E-state index in [9.17, 15) is 23.1 Å². The monoisotopic (exact) mass is 298 g/mol. The van der Waals surface area contributed by atoms with Gasteiger partial charge in [-0.25, -0.2) is 13.4 Å². The van der Waals surface area contributed by atoms with Gasteiger partial charge in [-0.3, -0.25) is 10.1 Å². The topological polar surface area (TPSA) is 113 Å². The van der Waals surface area contributed by atoms with Crippen molar-refractivity contribution >= 4 is 37.4 Å². The fourth-order valence-corrected chi connectivity index (χ4v) is 2.73. The SMILES string of the molecule is O=[N+]([O-])c1ccc2nc(S(=O)(=O)[O-])sc2c1.[K+]. The van der Waals surface area contributed by atoms with Crippen LogP contribution in [0.5, 0.6) is 0 Å². The van der Waals surface area contributed by atoms with Crippen molar-refractivity contribution in [2.75, 3.05) is 0 Å². The third-order valence-corrected chi connectivity index (χ3v) is 3.97. The van der Waals surface area contributed by atoms with Crippen LogP contribution in [0.2, 0.25) is 0 Å². The Kier molecular flexibility index (Phi) is 4.77. The minimum atomic E-state index is -4.61. The summed E-state index contributed by atoms with van der Waals surface area (Å²) in [5.74, 6) is 0. The predicted octanol–water partition coefficient (Wildman–Crippen LogP) is -1.89. The van der Waals surface area contributed by atoms with Gasteiger partial charge in [0.05, 0.1) is 15.1 Å². The number of thiazole rings is 1. The quantitative estimate of drug-likeness (QED) is 0.277. The van der Waals surface area contributed by atoms with Crippen molar-refractivity contribution in [3.8, 4) is 0 Å². The van der Waals surface area contributed by atoms with Gasteiger partial charge in [0.2, 0.25) is 0 Å². The Hall–Kier alpha value is 0.0564. The van der Waals surface area contributed by atoms with Crippen molar-refractivity contribution < 1.29 is 69.3 Å². The summed E-state index contributed by atoms with van der Waals surface area (Å²) < 4.78 is 31.8. The average Bonchev–Trinajstić information content (AvgIpc) is 2.58. The van der Waals surface area contributed by atoms with Gasteiger partial charge < -0.3 is 4.55 Å². The number of fused-ring (bicyclic) bond motifs is 1. The molecule has 0 spiro atoms. The van der Waals surface area contributed by atoms with E-state index in [4.69, 9.17) is 0 Å². The molecule has 0 unspecified atom stereocenters. The van der Waals surface area contributed by atoms with Gasteiger partial charge in [-0.15, -0.1) is 11.3 Å². The van der Waals surface area contributed by atoms with Crippen LogP contribution < -0.4 is 51.4 Å². The first kappa shape index (κ1) is 15.1. The zero-order valence-corrected chi connectivity index (χ0v) is 13.2. The summed E-state index contributed by atoms with van der Waals surface area (Å²) in [4.78, 5) is 13.4. The summed E-state index contributed by atoms with van der Waals surface area (Å²) in [6, 6.07) is 3.68. The van der Waals surface area contributed by atoms with Crippen LogP contribution in [0.1, 0.15) is 0 Å². The number of hydrogen-bond acceptors (Lipinski definition) is 7. The Morgan fingerprint density at radius 1 is 1.35 bits per heavy atom. The van der Waals surface area contributed by atoms with Crippen LogP contribution in [0.25, 0.3) is 10.2 Å². The molecule has 1 aromatic carbocycles. The predicted molar refractivity (Wildman–Crippen MR) is 54.2 cm³/mol. The Morgan fingerprint density at radius 3 is 2.53 bits per heavy atom. The smallest absolute Gasteiger partial charge is 0.742 e. The maximum Gasteiger partial charge on any atom is 1.00 e. The summed E-state index contributed by atoms with van der Waals surface area (Å²) >= 11 is 0.620. The second-order valence-corrected chi connectivity index (χ2v) is 5.43. The zero-order valence-electron chi connectivity index (χ0n) is 8.48. The third kappa shape index (κ3) is 3.29. The molecular formula is C7H3KN2O5S2. The van der Waals surface area contributed by atoms with Crippen LogP contribution in [-0.4, -0.2) is 22.9 Å². The molecule has 10 heteroatoms. The molecule has 0 radical (unpaired) electrons. The second-order valence-electron chi connectivity index (χ2n) is 2.84. The minimum absolute atomic E-state index is 0. The van der Waals surface area contributed by atoms with E-state index in [2.05, 4.69) is 4.98 Å². The van der Waals surface area contributed by atoms with Crippen molar-refractivity contribution in [1.29, 1.82) is 0 Å². The summed E-state index contributed by atoms with van der Waals surface area (Å²) in [7, 11) is -4.61. The van der Waals surface area contributed by atoms with E-state index < -0.39 is 19.4 Å². The number of nitrogens with zero attached hydrogens (tertiary/aromatic N) is 2. The van der Waals surface area contributed by atoms with Gasteiger partial charge in [0.25, 0.3) is 5.69 Å². The molecule has 84 valence electrons. The number of rotatable bonds is 2. The molecule has 0 N–H and O–H groups in total. The van der Waals surface area contributed by atoms with Gasteiger partial charge in [0.15, 0.2) is 14.5 Å². The normalized spacial score (nSPS) is 11.1. The molecule has 0 saturated carbocycles. The Labute approximate surface area is 142 Å². The van der Waals surface area contributed by atoms with Crippen molar-refractivity contribution in [2.24, 2.45) is 0 Å². The molecule has 0 bridgehead atoms. The largest absolute Gasteiger partial charge is 1.00 e. The number of hydrogen-bond donors (Lipinski definition) is 0. The first-order valence-electron chi connectivity index (χ1n) is 3.89. The fourth-order valence-electron chi connectivity index (χ4n) is 1.11. The van der Waals surface area contributed by atoms with Crippen LogP contribution >= 0.6 is 11.3 Å². The van der Waals surface area contributed by atoms with Gasteiger partial charge in [-0.2, -0.15) is 0 Å². The van der Waals surface area contributed by atoms with E-state index in [1.165, 1.54) is 18.2 Å². The van der Waals surface area contributed by atoms with Gasteiger partial charge >= 0.3 is 51.4 Å². The standard InChI is InChI=1S/C7H4N2O5S2.K/c10-9(11)4-1-2-5-6(3-4)15-7(8-5)16(12,13)14;/h1-3H,(H,12,13,14);/q;+1/p-1.